The molecule has 2 aromatic carbocycles. The first-order valence-electron chi connectivity index (χ1n) is 8.40. The van der Waals surface area contributed by atoms with E-state index in [0.29, 0.717) is 28.5 Å². The molecule has 0 aromatic heterocycles. The first kappa shape index (κ1) is 19.4. The van der Waals surface area contributed by atoms with Crippen LogP contribution in [0.4, 0.5) is 5.69 Å². The highest BCUT2D eigenvalue weighted by molar-refractivity contribution is 6.05. The number of amides is 1. The van der Waals surface area contributed by atoms with Crippen molar-refractivity contribution >= 4 is 11.6 Å². The van der Waals surface area contributed by atoms with Crippen LogP contribution >= 0.6 is 0 Å². The van der Waals surface area contributed by atoms with E-state index in [9.17, 15) is 4.79 Å². The molecule has 1 atom stereocenters. The van der Waals surface area contributed by atoms with Crippen molar-refractivity contribution in [3.05, 3.63) is 42.0 Å². The van der Waals surface area contributed by atoms with Gasteiger partial charge in [-0.25, -0.2) is 0 Å². The average molecular weight is 359 g/mol. The van der Waals surface area contributed by atoms with E-state index in [1.807, 2.05) is 19.1 Å². The molecule has 26 heavy (non-hydrogen) atoms. The van der Waals surface area contributed by atoms with Crippen LogP contribution in [-0.4, -0.2) is 33.3 Å². The molecule has 1 unspecified atom stereocenters. The van der Waals surface area contributed by atoms with Gasteiger partial charge in [0.05, 0.1) is 27.4 Å². The van der Waals surface area contributed by atoms with Gasteiger partial charge >= 0.3 is 0 Å². The third-order valence-electron chi connectivity index (χ3n) is 3.95. The molecule has 2 rings (SSSR count). The number of nitrogens with one attached hydrogen (secondary N) is 1. The van der Waals surface area contributed by atoms with Gasteiger partial charge in [-0.1, -0.05) is 6.92 Å². The molecule has 140 valence electrons. The second-order valence-electron chi connectivity index (χ2n) is 5.73. The molecule has 0 spiro atoms. The molecule has 0 radical (unpaired) electrons. The average Bonchev–Trinajstić information content (AvgIpc) is 2.67. The first-order chi connectivity index (χ1) is 12.5. The fraction of sp³-hybridized carbons (Fsp3) is 0.350. The molecule has 0 aliphatic heterocycles. The second-order valence-corrected chi connectivity index (χ2v) is 5.73. The highest BCUT2D eigenvalue weighted by atomic mass is 16.5. The van der Waals surface area contributed by atoms with Gasteiger partial charge in [0.25, 0.3) is 5.91 Å². The number of carbonyl (C=O) groups excluding carboxylic acids is 1. The molecule has 0 saturated heterocycles. The first-order valence-corrected chi connectivity index (χ1v) is 8.40. The molecule has 0 heterocycles. The van der Waals surface area contributed by atoms with E-state index in [-0.39, 0.29) is 12.0 Å². The number of benzene rings is 2. The van der Waals surface area contributed by atoms with Crippen molar-refractivity contribution in [2.45, 2.75) is 26.4 Å². The summed E-state index contributed by atoms with van der Waals surface area (Å²) in [5.74, 6) is 1.78. The van der Waals surface area contributed by atoms with Crippen LogP contribution in [0.15, 0.2) is 36.4 Å². The number of ether oxygens (including phenoxy) is 4. The topological polar surface area (TPSA) is 66.0 Å². The summed E-state index contributed by atoms with van der Waals surface area (Å²) in [4.78, 5) is 12.6. The van der Waals surface area contributed by atoms with Gasteiger partial charge in [-0.3, -0.25) is 4.79 Å². The summed E-state index contributed by atoms with van der Waals surface area (Å²) < 4.78 is 21.6. The minimum absolute atomic E-state index is 0.148. The van der Waals surface area contributed by atoms with Crippen LogP contribution in [0, 0.1) is 0 Å². The number of carbonyl (C=O) groups is 1. The smallest absolute Gasteiger partial charge is 0.255 e. The number of anilines is 1. The quantitative estimate of drug-likeness (QED) is 0.767. The van der Waals surface area contributed by atoms with Crippen LogP contribution < -0.4 is 24.3 Å². The second kappa shape index (κ2) is 8.99. The SMILES string of the molecule is CCC(C)Oc1ccc(NC(=O)c2cc(OC)c(OC)c(OC)c2)cc1. The Morgan fingerprint density at radius 2 is 1.58 bits per heavy atom. The van der Waals surface area contributed by atoms with Crippen LogP contribution in [0.25, 0.3) is 0 Å². The monoisotopic (exact) mass is 359 g/mol. The lowest BCUT2D eigenvalue weighted by atomic mass is 10.1. The van der Waals surface area contributed by atoms with E-state index >= 15 is 0 Å². The van der Waals surface area contributed by atoms with E-state index < -0.39 is 0 Å². The Kier molecular flexibility index (Phi) is 6.72. The molecule has 6 nitrogen and oxygen atoms in total. The number of rotatable bonds is 8. The van der Waals surface area contributed by atoms with Gasteiger partial charge in [0.1, 0.15) is 5.75 Å². The van der Waals surface area contributed by atoms with Crippen molar-refractivity contribution in [3.63, 3.8) is 0 Å². The lowest BCUT2D eigenvalue weighted by Crippen LogP contribution is -2.13. The molecular weight excluding hydrogens is 334 g/mol. The van der Waals surface area contributed by atoms with Gasteiger partial charge in [0.15, 0.2) is 11.5 Å². The van der Waals surface area contributed by atoms with E-state index in [0.717, 1.165) is 12.2 Å². The summed E-state index contributed by atoms with van der Waals surface area (Å²) >= 11 is 0. The summed E-state index contributed by atoms with van der Waals surface area (Å²) in [5.41, 5.74) is 1.07. The van der Waals surface area contributed by atoms with E-state index in [4.69, 9.17) is 18.9 Å². The molecule has 2 aromatic rings. The third kappa shape index (κ3) is 4.59. The Balaban J connectivity index is 2.17. The third-order valence-corrected chi connectivity index (χ3v) is 3.95. The fourth-order valence-corrected chi connectivity index (χ4v) is 2.35. The van der Waals surface area contributed by atoms with Crippen molar-refractivity contribution in [1.82, 2.24) is 0 Å². The molecule has 0 aliphatic rings. The number of hydrogen-bond donors (Lipinski definition) is 1. The van der Waals surface area contributed by atoms with E-state index in [1.54, 1.807) is 24.3 Å². The highest BCUT2D eigenvalue weighted by Crippen LogP contribution is 2.38. The van der Waals surface area contributed by atoms with Crippen molar-refractivity contribution < 1.29 is 23.7 Å². The Hall–Kier alpha value is -2.89. The van der Waals surface area contributed by atoms with Crippen LogP contribution in [0.1, 0.15) is 30.6 Å². The number of hydrogen-bond acceptors (Lipinski definition) is 5. The van der Waals surface area contributed by atoms with Gasteiger partial charge < -0.3 is 24.3 Å². The zero-order valence-corrected chi connectivity index (χ0v) is 15.8. The molecule has 0 fully saturated rings. The molecular formula is C20H25NO5. The van der Waals surface area contributed by atoms with Gasteiger partial charge in [-0.15, -0.1) is 0 Å². The minimum atomic E-state index is -0.278. The summed E-state index contributed by atoms with van der Waals surface area (Å²) in [6.07, 6.45) is 1.08. The molecule has 0 saturated carbocycles. The summed E-state index contributed by atoms with van der Waals surface area (Å²) in [7, 11) is 4.53. The van der Waals surface area contributed by atoms with Gasteiger partial charge in [0, 0.05) is 11.3 Å². The molecule has 6 heteroatoms. The normalized spacial score (nSPS) is 11.4. The van der Waals surface area contributed by atoms with Crippen LogP contribution in [-0.2, 0) is 0 Å². The van der Waals surface area contributed by atoms with Gasteiger partial charge in [-0.2, -0.15) is 0 Å². The maximum atomic E-state index is 12.6. The van der Waals surface area contributed by atoms with Crippen LogP contribution in [0.5, 0.6) is 23.0 Å². The Morgan fingerprint density at radius 1 is 1.00 bits per heavy atom. The Bertz CT molecular complexity index is 717. The molecule has 0 aliphatic carbocycles. The van der Waals surface area contributed by atoms with Crippen molar-refractivity contribution in [2.24, 2.45) is 0 Å². The molecule has 0 bridgehead atoms. The maximum absolute atomic E-state index is 12.6. The van der Waals surface area contributed by atoms with Gasteiger partial charge in [0.2, 0.25) is 5.75 Å². The Labute approximate surface area is 154 Å². The van der Waals surface area contributed by atoms with E-state index in [2.05, 4.69) is 12.2 Å². The predicted octanol–water partition coefficient (Wildman–Crippen LogP) is 4.14. The molecule has 1 N–H and O–H groups in total. The van der Waals surface area contributed by atoms with E-state index in [1.165, 1.54) is 21.3 Å². The standard InChI is InChI=1S/C20H25NO5/c1-6-13(2)26-16-9-7-15(8-10-16)21-20(22)14-11-17(23-3)19(25-5)18(12-14)24-4/h7-13H,6H2,1-5H3,(H,21,22). The largest absolute Gasteiger partial charge is 0.493 e. The van der Waals surface area contributed by atoms with Crippen LogP contribution in [0.2, 0.25) is 0 Å². The number of methoxy groups -OCH3 is 3. The minimum Gasteiger partial charge on any atom is -0.493 e. The summed E-state index contributed by atoms with van der Waals surface area (Å²) in [6.45, 7) is 4.08. The van der Waals surface area contributed by atoms with Crippen molar-refractivity contribution in [2.75, 3.05) is 26.6 Å². The highest BCUT2D eigenvalue weighted by Gasteiger charge is 2.17. The Morgan fingerprint density at radius 3 is 2.04 bits per heavy atom. The fourth-order valence-electron chi connectivity index (χ4n) is 2.35. The lowest BCUT2D eigenvalue weighted by Gasteiger charge is -2.15. The van der Waals surface area contributed by atoms with Crippen LogP contribution in [0.3, 0.4) is 0 Å². The van der Waals surface area contributed by atoms with Crippen molar-refractivity contribution in [3.8, 4) is 23.0 Å². The summed E-state index contributed by atoms with van der Waals surface area (Å²) in [5, 5.41) is 2.85. The predicted molar refractivity (Wildman–Crippen MR) is 101 cm³/mol. The lowest BCUT2D eigenvalue weighted by molar-refractivity contribution is 0.102. The zero-order valence-electron chi connectivity index (χ0n) is 15.8. The van der Waals surface area contributed by atoms with Crippen molar-refractivity contribution in [1.29, 1.82) is 0 Å². The van der Waals surface area contributed by atoms with Gasteiger partial charge in [-0.05, 0) is 49.7 Å². The zero-order chi connectivity index (χ0) is 19.1. The maximum Gasteiger partial charge on any atom is 0.255 e. The summed E-state index contributed by atoms with van der Waals surface area (Å²) in [6, 6.07) is 10.5. The molecule has 1 amide bonds.